The number of hydrogen-bond donors (Lipinski definition) is 1. The lowest BCUT2D eigenvalue weighted by Gasteiger charge is -2.10. The van der Waals surface area contributed by atoms with E-state index in [9.17, 15) is 22.8 Å². The molecule has 0 unspecified atom stereocenters. The van der Waals surface area contributed by atoms with Crippen molar-refractivity contribution in [3.63, 3.8) is 0 Å². The van der Waals surface area contributed by atoms with Crippen molar-refractivity contribution in [2.24, 2.45) is 0 Å². The second-order valence-corrected chi connectivity index (χ2v) is 8.28. The number of anilines is 1. The number of nitrogens with one attached hydrogen (secondary N) is 1. The summed E-state index contributed by atoms with van der Waals surface area (Å²) in [5.74, 6) is -0.271. The Kier molecular flexibility index (Phi) is 6.24. The second-order valence-electron chi connectivity index (χ2n) is 7.26. The number of carbonyl (C=O) groups excluding carboxylic acids is 2. The SMILES string of the molecule is CC(=O)n1cc(C(=O)Nc2cccc(C(F)(F)F)c2)c2c(SCc3ccncc3)cccc21. The molecule has 33 heavy (non-hydrogen) atoms. The first-order chi connectivity index (χ1) is 15.7. The van der Waals surface area contributed by atoms with Crippen LogP contribution in [-0.4, -0.2) is 21.4 Å². The van der Waals surface area contributed by atoms with Gasteiger partial charge < -0.3 is 5.32 Å². The van der Waals surface area contributed by atoms with E-state index in [0.29, 0.717) is 16.7 Å². The lowest BCUT2D eigenvalue weighted by Crippen LogP contribution is -2.13. The third-order valence-electron chi connectivity index (χ3n) is 4.97. The Hall–Kier alpha value is -3.59. The molecule has 2 aromatic heterocycles. The number of aromatic nitrogens is 2. The summed E-state index contributed by atoms with van der Waals surface area (Å²) >= 11 is 1.49. The number of nitrogens with zero attached hydrogens (tertiary/aromatic N) is 2. The van der Waals surface area contributed by atoms with Crippen LogP contribution < -0.4 is 5.32 Å². The Morgan fingerprint density at radius 3 is 2.48 bits per heavy atom. The average molecular weight is 469 g/mol. The van der Waals surface area contributed by atoms with Crippen LogP contribution in [0.15, 0.2) is 78.1 Å². The zero-order valence-corrected chi connectivity index (χ0v) is 18.2. The number of benzene rings is 2. The minimum absolute atomic E-state index is 0.0143. The summed E-state index contributed by atoms with van der Waals surface area (Å²) in [6.07, 6.45) is 0.280. The fraction of sp³-hybridized carbons (Fsp3) is 0.125. The Morgan fingerprint density at radius 2 is 1.79 bits per heavy atom. The number of thioether (sulfide) groups is 1. The molecule has 0 aliphatic heterocycles. The van der Waals surface area contributed by atoms with E-state index in [1.165, 1.54) is 41.6 Å². The molecule has 2 heterocycles. The zero-order valence-electron chi connectivity index (χ0n) is 17.4. The summed E-state index contributed by atoms with van der Waals surface area (Å²) in [4.78, 5) is 30.1. The van der Waals surface area contributed by atoms with E-state index in [4.69, 9.17) is 0 Å². The van der Waals surface area contributed by atoms with Crippen LogP contribution in [0.5, 0.6) is 0 Å². The van der Waals surface area contributed by atoms with Gasteiger partial charge in [0.05, 0.1) is 16.6 Å². The van der Waals surface area contributed by atoms with Gasteiger partial charge in [0.15, 0.2) is 0 Å². The molecule has 4 aromatic rings. The maximum absolute atomic E-state index is 13.1. The van der Waals surface area contributed by atoms with Crippen molar-refractivity contribution in [2.45, 2.75) is 23.7 Å². The van der Waals surface area contributed by atoms with Crippen molar-refractivity contribution in [3.8, 4) is 0 Å². The third-order valence-corrected chi connectivity index (χ3v) is 6.10. The standard InChI is InChI=1S/C24H18F3N3O2S/c1-15(31)30-13-19(23(32)29-18-5-2-4-17(12-18)24(25,26)27)22-20(30)6-3-7-21(22)33-14-16-8-10-28-11-9-16/h2-13H,14H2,1H3,(H,29,32). The highest BCUT2D eigenvalue weighted by atomic mass is 32.2. The van der Waals surface area contributed by atoms with Crippen molar-refractivity contribution in [3.05, 3.63) is 89.9 Å². The van der Waals surface area contributed by atoms with Gasteiger partial charge in [0.1, 0.15) is 0 Å². The maximum Gasteiger partial charge on any atom is 0.416 e. The molecule has 0 radical (unpaired) electrons. The summed E-state index contributed by atoms with van der Waals surface area (Å²) in [6.45, 7) is 1.38. The topological polar surface area (TPSA) is 64.0 Å². The van der Waals surface area contributed by atoms with Crippen LogP contribution in [0.3, 0.4) is 0 Å². The van der Waals surface area contributed by atoms with E-state index >= 15 is 0 Å². The first kappa shape index (κ1) is 22.6. The van der Waals surface area contributed by atoms with Gasteiger partial charge in [-0.1, -0.05) is 12.1 Å². The van der Waals surface area contributed by atoms with Crippen LogP contribution in [0.25, 0.3) is 10.9 Å². The highest BCUT2D eigenvalue weighted by molar-refractivity contribution is 7.98. The number of amides is 1. The van der Waals surface area contributed by atoms with Crippen LogP contribution >= 0.6 is 11.8 Å². The molecule has 1 amide bonds. The van der Waals surface area contributed by atoms with Gasteiger partial charge in [-0.3, -0.25) is 19.1 Å². The fourth-order valence-electron chi connectivity index (χ4n) is 3.42. The van der Waals surface area contributed by atoms with Crippen LogP contribution in [0.2, 0.25) is 0 Å². The first-order valence-corrected chi connectivity index (χ1v) is 10.9. The molecule has 5 nitrogen and oxygen atoms in total. The largest absolute Gasteiger partial charge is 0.416 e. The molecule has 0 saturated heterocycles. The quantitative estimate of drug-likeness (QED) is 0.351. The maximum atomic E-state index is 13.1. The molecule has 1 N–H and O–H groups in total. The van der Waals surface area contributed by atoms with E-state index in [1.807, 2.05) is 18.2 Å². The van der Waals surface area contributed by atoms with Crippen molar-refractivity contribution >= 4 is 40.2 Å². The molecule has 0 spiro atoms. The average Bonchev–Trinajstić information content (AvgIpc) is 3.19. The van der Waals surface area contributed by atoms with Gasteiger partial charge in [0.2, 0.25) is 5.91 Å². The van der Waals surface area contributed by atoms with E-state index in [-0.39, 0.29) is 17.2 Å². The minimum Gasteiger partial charge on any atom is -0.322 e. The lowest BCUT2D eigenvalue weighted by atomic mass is 10.1. The van der Waals surface area contributed by atoms with Crippen molar-refractivity contribution in [1.82, 2.24) is 9.55 Å². The number of carbonyl (C=O) groups is 2. The van der Waals surface area contributed by atoms with Crippen molar-refractivity contribution in [2.75, 3.05) is 5.32 Å². The molecule has 2 aromatic carbocycles. The molecular weight excluding hydrogens is 451 g/mol. The molecule has 0 saturated carbocycles. The normalized spacial score (nSPS) is 11.5. The van der Waals surface area contributed by atoms with Gasteiger partial charge in [0.25, 0.3) is 5.91 Å². The number of rotatable bonds is 5. The number of halogens is 3. The summed E-state index contributed by atoms with van der Waals surface area (Å²) < 4.78 is 40.5. The van der Waals surface area contributed by atoms with Crippen LogP contribution in [0, 0.1) is 0 Å². The molecule has 0 fully saturated rings. The first-order valence-electron chi connectivity index (χ1n) is 9.89. The van der Waals surface area contributed by atoms with Crippen LogP contribution in [0.4, 0.5) is 18.9 Å². The highest BCUT2D eigenvalue weighted by Crippen LogP contribution is 2.35. The molecular formula is C24H18F3N3O2S. The summed E-state index contributed by atoms with van der Waals surface area (Å²) in [7, 11) is 0. The zero-order chi connectivity index (χ0) is 23.6. The molecule has 0 atom stereocenters. The van der Waals surface area contributed by atoms with Crippen LogP contribution in [-0.2, 0) is 11.9 Å². The van der Waals surface area contributed by atoms with Gasteiger partial charge in [-0.2, -0.15) is 13.2 Å². The molecule has 9 heteroatoms. The number of hydrogen-bond acceptors (Lipinski definition) is 4. The molecule has 0 bridgehead atoms. The monoisotopic (exact) mass is 469 g/mol. The number of fused-ring (bicyclic) bond motifs is 1. The number of pyridine rings is 1. The van der Waals surface area contributed by atoms with E-state index in [2.05, 4.69) is 10.3 Å². The van der Waals surface area contributed by atoms with Gasteiger partial charge in [-0.15, -0.1) is 11.8 Å². The predicted molar refractivity (Wildman–Crippen MR) is 121 cm³/mol. The summed E-state index contributed by atoms with van der Waals surface area (Å²) in [6, 6.07) is 13.6. The van der Waals surface area contributed by atoms with Gasteiger partial charge >= 0.3 is 6.18 Å². The summed E-state index contributed by atoms with van der Waals surface area (Å²) in [5, 5.41) is 3.10. The summed E-state index contributed by atoms with van der Waals surface area (Å²) in [5.41, 5.74) is 0.945. The second kappa shape index (κ2) is 9.11. The number of alkyl halides is 3. The predicted octanol–water partition coefficient (Wildman–Crippen LogP) is 6.26. The molecule has 168 valence electrons. The van der Waals surface area contributed by atoms with Crippen molar-refractivity contribution in [1.29, 1.82) is 0 Å². The molecule has 0 aliphatic rings. The fourth-order valence-corrected chi connectivity index (χ4v) is 4.47. The highest BCUT2D eigenvalue weighted by Gasteiger charge is 2.30. The van der Waals surface area contributed by atoms with E-state index < -0.39 is 17.6 Å². The van der Waals surface area contributed by atoms with Gasteiger partial charge in [-0.25, -0.2) is 0 Å². The molecule has 0 aliphatic carbocycles. The van der Waals surface area contributed by atoms with Crippen LogP contribution in [0.1, 0.15) is 33.2 Å². The Bertz CT molecular complexity index is 1330. The van der Waals surface area contributed by atoms with E-state index in [0.717, 1.165) is 22.6 Å². The lowest BCUT2D eigenvalue weighted by molar-refractivity contribution is -0.137. The minimum atomic E-state index is -4.53. The van der Waals surface area contributed by atoms with Gasteiger partial charge in [0, 0.05) is 47.2 Å². The Labute approximate surface area is 191 Å². The Balaban J connectivity index is 1.72. The van der Waals surface area contributed by atoms with Crippen molar-refractivity contribution < 1.29 is 22.8 Å². The molecule has 4 rings (SSSR count). The third kappa shape index (κ3) is 4.93. The van der Waals surface area contributed by atoms with E-state index in [1.54, 1.807) is 24.5 Å². The van der Waals surface area contributed by atoms with Gasteiger partial charge in [-0.05, 0) is 48.0 Å². The smallest absolute Gasteiger partial charge is 0.322 e. The Morgan fingerprint density at radius 1 is 1.06 bits per heavy atom.